The molecule has 5 rings (SSSR count). The Morgan fingerprint density at radius 3 is 2.70 bits per heavy atom. The van der Waals surface area contributed by atoms with Crippen LogP contribution in [0.3, 0.4) is 0 Å². The van der Waals surface area contributed by atoms with Gasteiger partial charge < -0.3 is 20.1 Å². The van der Waals surface area contributed by atoms with Crippen LogP contribution in [0.1, 0.15) is 53.5 Å². The molecule has 1 atom stereocenters. The van der Waals surface area contributed by atoms with Gasteiger partial charge in [-0.05, 0) is 50.8 Å². The van der Waals surface area contributed by atoms with Gasteiger partial charge in [0.25, 0.3) is 11.5 Å². The van der Waals surface area contributed by atoms with Crippen LogP contribution in [-0.2, 0) is 6.42 Å². The summed E-state index contributed by atoms with van der Waals surface area (Å²) in [7, 11) is 3.65. The quantitative estimate of drug-likeness (QED) is 0.725. The number of rotatable bonds is 4. The molecule has 176 valence electrons. The monoisotopic (exact) mass is 451 g/mol. The lowest BCUT2D eigenvalue weighted by molar-refractivity contribution is 0.0958. The zero-order valence-electron chi connectivity index (χ0n) is 19.5. The summed E-state index contributed by atoms with van der Waals surface area (Å²) in [5.41, 5.74) is 2.40. The Bertz CT molecular complexity index is 1060. The molecule has 1 amide bonds. The molecule has 3 aliphatic rings. The number of H-pyrrole nitrogens is 1. The molecule has 0 radical (unpaired) electrons. The molecule has 9 heteroatoms. The van der Waals surface area contributed by atoms with E-state index in [4.69, 9.17) is 4.98 Å². The molecule has 2 N–H and O–H groups in total. The maximum absolute atomic E-state index is 12.6. The van der Waals surface area contributed by atoms with E-state index in [0.29, 0.717) is 11.7 Å². The van der Waals surface area contributed by atoms with Gasteiger partial charge in [-0.1, -0.05) is 0 Å². The van der Waals surface area contributed by atoms with E-state index in [1.807, 2.05) is 13.1 Å². The summed E-state index contributed by atoms with van der Waals surface area (Å²) in [6, 6.07) is 4.32. The zero-order chi connectivity index (χ0) is 22.9. The maximum atomic E-state index is 12.6. The Labute approximate surface area is 194 Å². The summed E-state index contributed by atoms with van der Waals surface area (Å²) >= 11 is 0. The molecule has 3 aliphatic heterocycles. The summed E-state index contributed by atoms with van der Waals surface area (Å²) in [5.74, 6) is 1.86. The SMILES string of the molecule is CNC(=O)c1ccc(N2CCC(N3CC[C@@H](c4nc5c(c(=O)[nH]4)CCCN5C)C3)CC2)cn1. The fraction of sp³-hybridized carbons (Fsp3) is 0.583. The van der Waals surface area contributed by atoms with E-state index >= 15 is 0 Å². The third-order valence-electron chi connectivity index (χ3n) is 7.45. The topological polar surface area (TPSA) is 97.5 Å². The second-order valence-corrected chi connectivity index (χ2v) is 9.46. The number of carbonyl (C=O) groups excluding carboxylic acids is 1. The fourth-order valence-electron chi connectivity index (χ4n) is 5.50. The van der Waals surface area contributed by atoms with Crippen molar-refractivity contribution < 1.29 is 4.79 Å². The summed E-state index contributed by atoms with van der Waals surface area (Å²) < 4.78 is 0. The minimum atomic E-state index is -0.162. The highest BCUT2D eigenvalue weighted by molar-refractivity contribution is 5.92. The molecule has 2 aromatic heterocycles. The van der Waals surface area contributed by atoms with Crippen molar-refractivity contribution in [3.05, 3.63) is 45.8 Å². The first-order valence-electron chi connectivity index (χ1n) is 12.0. The number of piperidine rings is 1. The first kappa shape index (κ1) is 21.9. The zero-order valence-corrected chi connectivity index (χ0v) is 19.5. The Morgan fingerprint density at radius 2 is 1.97 bits per heavy atom. The molecular formula is C24H33N7O2. The summed E-state index contributed by atoms with van der Waals surface area (Å²) in [6.45, 7) is 4.92. The molecule has 2 fully saturated rings. The average molecular weight is 452 g/mol. The van der Waals surface area contributed by atoms with E-state index in [1.165, 1.54) is 0 Å². The third-order valence-corrected chi connectivity index (χ3v) is 7.45. The van der Waals surface area contributed by atoms with Crippen LogP contribution in [0.25, 0.3) is 0 Å². The standard InChI is InChI=1S/C24H33N7O2/c1-25-24(33)20-6-5-18(14-26-20)30-12-8-17(9-13-30)31-11-7-16(15-31)21-27-22-19(23(32)28-21)4-3-10-29(22)2/h5-6,14,16-17H,3-4,7-13,15H2,1-2H3,(H,25,33)(H,27,28,32)/t16-/m1/s1. The minimum Gasteiger partial charge on any atom is -0.370 e. The Morgan fingerprint density at radius 1 is 1.15 bits per heavy atom. The maximum Gasteiger partial charge on any atom is 0.269 e. The van der Waals surface area contributed by atoms with Crippen molar-refractivity contribution in [3.63, 3.8) is 0 Å². The number of nitrogens with one attached hydrogen (secondary N) is 2. The Hall–Kier alpha value is -2.94. The number of aromatic nitrogens is 3. The highest BCUT2D eigenvalue weighted by Gasteiger charge is 2.33. The molecule has 0 saturated carbocycles. The highest BCUT2D eigenvalue weighted by atomic mass is 16.1. The predicted octanol–water partition coefficient (Wildman–Crippen LogP) is 1.37. The van der Waals surface area contributed by atoms with E-state index in [0.717, 1.165) is 87.7 Å². The molecule has 0 aliphatic carbocycles. The number of anilines is 2. The van der Waals surface area contributed by atoms with Crippen molar-refractivity contribution in [2.45, 2.75) is 44.1 Å². The molecule has 0 spiro atoms. The number of fused-ring (bicyclic) bond motifs is 1. The molecule has 0 aromatic carbocycles. The van der Waals surface area contributed by atoms with Gasteiger partial charge in [-0.2, -0.15) is 0 Å². The second-order valence-electron chi connectivity index (χ2n) is 9.46. The number of carbonyl (C=O) groups is 1. The Kier molecular flexibility index (Phi) is 6.05. The lowest BCUT2D eigenvalue weighted by Crippen LogP contribution is -2.44. The third kappa shape index (κ3) is 4.34. The van der Waals surface area contributed by atoms with Crippen LogP contribution < -0.4 is 20.7 Å². The highest BCUT2D eigenvalue weighted by Crippen LogP contribution is 2.31. The van der Waals surface area contributed by atoms with Gasteiger partial charge >= 0.3 is 0 Å². The number of pyridine rings is 1. The molecule has 2 aromatic rings. The number of aromatic amines is 1. The molecule has 0 unspecified atom stereocenters. The van der Waals surface area contributed by atoms with Gasteiger partial charge in [0.05, 0.1) is 17.4 Å². The van der Waals surface area contributed by atoms with Crippen molar-refractivity contribution in [3.8, 4) is 0 Å². The van der Waals surface area contributed by atoms with Crippen LogP contribution in [-0.4, -0.2) is 78.6 Å². The smallest absolute Gasteiger partial charge is 0.269 e. The summed E-state index contributed by atoms with van der Waals surface area (Å²) in [6.07, 6.45) is 6.86. The van der Waals surface area contributed by atoms with Gasteiger partial charge in [0, 0.05) is 52.2 Å². The molecule has 2 saturated heterocycles. The molecule has 33 heavy (non-hydrogen) atoms. The normalized spacial score (nSPS) is 21.8. The molecule has 9 nitrogen and oxygen atoms in total. The minimum absolute atomic E-state index is 0.0457. The van der Waals surface area contributed by atoms with E-state index in [2.05, 4.69) is 30.0 Å². The number of hydrogen-bond donors (Lipinski definition) is 2. The van der Waals surface area contributed by atoms with Gasteiger partial charge in [-0.3, -0.25) is 14.5 Å². The largest absolute Gasteiger partial charge is 0.370 e. The molecule has 5 heterocycles. The number of hydrogen-bond acceptors (Lipinski definition) is 7. The van der Waals surface area contributed by atoms with E-state index in [1.54, 1.807) is 19.3 Å². The predicted molar refractivity (Wildman–Crippen MR) is 128 cm³/mol. The van der Waals surface area contributed by atoms with Gasteiger partial charge in [-0.25, -0.2) is 9.97 Å². The van der Waals surface area contributed by atoms with Gasteiger partial charge in [0.1, 0.15) is 17.3 Å². The van der Waals surface area contributed by atoms with Crippen molar-refractivity contribution in [2.24, 2.45) is 0 Å². The number of nitrogens with zero attached hydrogens (tertiary/aromatic N) is 5. The first-order chi connectivity index (χ1) is 16.0. The van der Waals surface area contributed by atoms with Crippen LogP contribution in [0.5, 0.6) is 0 Å². The lowest BCUT2D eigenvalue weighted by atomic mass is 10.0. The second kappa shape index (κ2) is 9.13. The van der Waals surface area contributed by atoms with E-state index in [9.17, 15) is 9.59 Å². The summed E-state index contributed by atoms with van der Waals surface area (Å²) in [5, 5.41) is 2.61. The van der Waals surface area contributed by atoms with E-state index in [-0.39, 0.29) is 17.4 Å². The summed E-state index contributed by atoms with van der Waals surface area (Å²) in [4.78, 5) is 43.7. The van der Waals surface area contributed by atoms with Gasteiger partial charge in [-0.15, -0.1) is 0 Å². The number of amides is 1. The Balaban J connectivity index is 1.19. The van der Waals surface area contributed by atoms with Crippen molar-refractivity contribution in [1.82, 2.24) is 25.2 Å². The van der Waals surface area contributed by atoms with Crippen LogP contribution >= 0.6 is 0 Å². The lowest BCUT2D eigenvalue weighted by Gasteiger charge is -2.37. The average Bonchev–Trinajstić information content (AvgIpc) is 3.35. The molecular weight excluding hydrogens is 418 g/mol. The molecule has 0 bridgehead atoms. The van der Waals surface area contributed by atoms with Crippen LogP contribution in [0.2, 0.25) is 0 Å². The van der Waals surface area contributed by atoms with E-state index < -0.39 is 0 Å². The van der Waals surface area contributed by atoms with Crippen molar-refractivity contribution >= 4 is 17.4 Å². The van der Waals surface area contributed by atoms with Crippen LogP contribution in [0.15, 0.2) is 23.1 Å². The first-order valence-corrected chi connectivity index (χ1v) is 12.0. The van der Waals surface area contributed by atoms with Crippen molar-refractivity contribution in [2.75, 3.05) is 56.6 Å². The fourth-order valence-corrected chi connectivity index (χ4v) is 5.50. The van der Waals surface area contributed by atoms with Crippen molar-refractivity contribution in [1.29, 1.82) is 0 Å². The van der Waals surface area contributed by atoms with Crippen LogP contribution in [0, 0.1) is 0 Å². The van der Waals surface area contributed by atoms with Gasteiger partial charge in [0.15, 0.2) is 0 Å². The number of likely N-dealkylation sites (tertiary alicyclic amines) is 1. The van der Waals surface area contributed by atoms with Crippen LogP contribution in [0.4, 0.5) is 11.5 Å². The van der Waals surface area contributed by atoms with Gasteiger partial charge in [0.2, 0.25) is 0 Å².